The van der Waals surface area contributed by atoms with Crippen LogP contribution in [0, 0.1) is 18.8 Å². The summed E-state index contributed by atoms with van der Waals surface area (Å²) >= 11 is 0. The van der Waals surface area contributed by atoms with Crippen molar-refractivity contribution >= 4 is 0 Å². The fourth-order valence-electron chi connectivity index (χ4n) is 7.95. The molecule has 0 fully saturated rings. The summed E-state index contributed by atoms with van der Waals surface area (Å²) in [4.78, 5) is 0. The number of aromatic nitrogens is 1. The number of fused-ring (bicyclic) bond motifs is 4. The first kappa shape index (κ1) is 26.2. The molecule has 1 aromatic heterocycles. The van der Waals surface area contributed by atoms with E-state index >= 15 is 0 Å². The predicted molar refractivity (Wildman–Crippen MR) is 158 cm³/mol. The number of benzene rings is 2. The standard InChI is InChI=1S/C36H48N/c1-12-35(10)29-21-31-30(33(6,7)24(4)25(5)34(31,8)9)20-27(29)32-19-23(3)28(26-17-15-14-16-18-26)22-37(32)36(35,11)13-2/h14-22,24-25H,12-13H2,1-11H3/q+1. The molecule has 2 aromatic carbocycles. The summed E-state index contributed by atoms with van der Waals surface area (Å²) in [6, 6.07) is 18.7. The zero-order valence-electron chi connectivity index (χ0n) is 25.2. The van der Waals surface area contributed by atoms with Gasteiger partial charge in [-0.25, -0.2) is 0 Å². The largest absolute Gasteiger partial charge is 0.213 e. The summed E-state index contributed by atoms with van der Waals surface area (Å²) in [5.41, 5.74) is 11.8. The molecule has 0 spiro atoms. The fourth-order valence-corrected chi connectivity index (χ4v) is 7.95. The van der Waals surface area contributed by atoms with E-state index in [0.717, 1.165) is 12.8 Å². The minimum Gasteiger partial charge on any atom is -0.192 e. The van der Waals surface area contributed by atoms with Gasteiger partial charge in [-0.1, -0.05) is 91.8 Å². The first-order valence-corrected chi connectivity index (χ1v) is 14.6. The third kappa shape index (κ3) is 3.31. The van der Waals surface area contributed by atoms with Crippen LogP contribution in [0.5, 0.6) is 0 Å². The van der Waals surface area contributed by atoms with Crippen molar-refractivity contribution < 1.29 is 4.57 Å². The second-order valence-electron chi connectivity index (χ2n) is 13.8. The molecule has 37 heavy (non-hydrogen) atoms. The lowest BCUT2D eigenvalue weighted by atomic mass is 9.51. The molecular weight excluding hydrogens is 446 g/mol. The molecule has 0 amide bonds. The molecule has 0 bridgehead atoms. The number of nitrogens with zero attached hydrogens (tertiary/aromatic N) is 1. The van der Waals surface area contributed by atoms with Crippen LogP contribution in [0.1, 0.15) is 104 Å². The molecule has 1 heteroatoms. The second-order valence-corrected chi connectivity index (χ2v) is 13.8. The highest BCUT2D eigenvalue weighted by atomic mass is 15.1. The smallest absolute Gasteiger partial charge is 0.192 e. The van der Waals surface area contributed by atoms with E-state index in [1.54, 1.807) is 16.7 Å². The van der Waals surface area contributed by atoms with Crippen LogP contribution in [0.25, 0.3) is 22.4 Å². The van der Waals surface area contributed by atoms with Gasteiger partial charge in [-0.05, 0) is 76.8 Å². The lowest BCUT2D eigenvalue weighted by molar-refractivity contribution is -0.764. The van der Waals surface area contributed by atoms with E-state index in [4.69, 9.17) is 0 Å². The van der Waals surface area contributed by atoms with Crippen molar-refractivity contribution in [3.8, 4) is 22.4 Å². The number of hydrogen-bond donors (Lipinski definition) is 0. The minimum absolute atomic E-state index is 0.0250. The highest BCUT2D eigenvalue weighted by molar-refractivity contribution is 5.73. The van der Waals surface area contributed by atoms with Crippen LogP contribution in [0.4, 0.5) is 0 Å². The molecule has 4 unspecified atom stereocenters. The van der Waals surface area contributed by atoms with Gasteiger partial charge in [-0.15, -0.1) is 0 Å². The molecule has 1 nitrogen and oxygen atoms in total. The molecule has 1 aliphatic heterocycles. The molecule has 4 atom stereocenters. The Hall–Kier alpha value is -2.41. The van der Waals surface area contributed by atoms with E-state index in [2.05, 4.69) is 135 Å². The fraction of sp³-hybridized carbons (Fsp3) is 0.528. The van der Waals surface area contributed by atoms with E-state index in [1.807, 2.05) is 0 Å². The van der Waals surface area contributed by atoms with E-state index < -0.39 is 0 Å². The third-order valence-electron chi connectivity index (χ3n) is 11.9. The molecule has 0 radical (unpaired) electrons. The van der Waals surface area contributed by atoms with Gasteiger partial charge in [0, 0.05) is 25.0 Å². The van der Waals surface area contributed by atoms with Crippen molar-refractivity contribution in [1.82, 2.24) is 0 Å². The normalized spacial score (nSPS) is 29.3. The Morgan fingerprint density at radius 3 is 1.81 bits per heavy atom. The van der Waals surface area contributed by atoms with Crippen LogP contribution in [0.15, 0.2) is 54.7 Å². The van der Waals surface area contributed by atoms with Crippen LogP contribution in [-0.4, -0.2) is 0 Å². The molecule has 0 N–H and O–H groups in total. The summed E-state index contributed by atoms with van der Waals surface area (Å²) in [6.07, 6.45) is 4.67. The van der Waals surface area contributed by atoms with Crippen LogP contribution >= 0.6 is 0 Å². The van der Waals surface area contributed by atoms with Gasteiger partial charge >= 0.3 is 0 Å². The van der Waals surface area contributed by atoms with Crippen LogP contribution in [-0.2, 0) is 21.8 Å². The Morgan fingerprint density at radius 2 is 1.27 bits per heavy atom. The molecule has 1 aliphatic carbocycles. The maximum absolute atomic E-state index is 2.66. The predicted octanol–water partition coefficient (Wildman–Crippen LogP) is 9.26. The average molecular weight is 495 g/mol. The number of rotatable bonds is 3. The maximum Gasteiger partial charge on any atom is 0.213 e. The van der Waals surface area contributed by atoms with E-state index in [9.17, 15) is 0 Å². The lowest BCUT2D eigenvalue weighted by Crippen LogP contribution is -2.67. The average Bonchev–Trinajstić information content (AvgIpc) is 2.89. The van der Waals surface area contributed by atoms with Crippen LogP contribution < -0.4 is 4.57 Å². The number of hydrogen-bond acceptors (Lipinski definition) is 0. The summed E-state index contributed by atoms with van der Waals surface area (Å²) in [6.45, 7) is 27.0. The van der Waals surface area contributed by atoms with Gasteiger partial charge in [0.25, 0.3) is 0 Å². The molecule has 3 aromatic rings. The minimum atomic E-state index is -0.0250. The second kappa shape index (κ2) is 8.29. The molecule has 0 saturated carbocycles. The Bertz CT molecular complexity index is 1360. The van der Waals surface area contributed by atoms with E-state index in [1.165, 1.54) is 27.9 Å². The third-order valence-corrected chi connectivity index (χ3v) is 11.9. The topological polar surface area (TPSA) is 3.88 Å². The molecule has 0 saturated heterocycles. The van der Waals surface area contributed by atoms with E-state index in [-0.39, 0.29) is 21.8 Å². The van der Waals surface area contributed by atoms with Gasteiger partial charge in [-0.2, -0.15) is 4.57 Å². The van der Waals surface area contributed by atoms with Gasteiger partial charge in [-0.3, -0.25) is 0 Å². The first-order chi connectivity index (χ1) is 17.3. The summed E-state index contributed by atoms with van der Waals surface area (Å²) < 4.78 is 2.66. The van der Waals surface area contributed by atoms with E-state index in [0.29, 0.717) is 11.8 Å². The first-order valence-electron chi connectivity index (χ1n) is 14.6. The lowest BCUT2D eigenvalue weighted by Gasteiger charge is -2.53. The quantitative estimate of drug-likeness (QED) is 0.319. The van der Waals surface area contributed by atoms with Gasteiger partial charge in [0.1, 0.15) is 0 Å². The highest BCUT2D eigenvalue weighted by Crippen LogP contribution is 2.57. The number of pyridine rings is 1. The summed E-state index contributed by atoms with van der Waals surface area (Å²) in [5, 5.41) is 0. The molecular formula is C36H48N+. The Kier molecular flexibility index (Phi) is 5.87. The SMILES string of the molecule is CCC1(C)c2cc3c(cc2-c2cc(C)c(-c4ccccc4)c[n+]2C1(C)CC)C(C)(C)C(C)C(C)C3(C)C. The zero-order chi connectivity index (χ0) is 27.1. The van der Waals surface area contributed by atoms with Crippen LogP contribution in [0.2, 0.25) is 0 Å². The Labute approximate surface area is 226 Å². The molecule has 2 aliphatic rings. The van der Waals surface area contributed by atoms with Crippen LogP contribution in [0.3, 0.4) is 0 Å². The van der Waals surface area contributed by atoms with Crippen molar-refractivity contribution in [2.24, 2.45) is 11.8 Å². The molecule has 5 rings (SSSR count). The molecule has 2 heterocycles. The number of aryl methyl sites for hydroxylation is 1. The zero-order valence-corrected chi connectivity index (χ0v) is 25.2. The van der Waals surface area contributed by atoms with Crippen molar-refractivity contribution in [2.75, 3.05) is 0 Å². The summed E-state index contributed by atoms with van der Waals surface area (Å²) in [5.74, 6) is 1.24. The Balaban J connectivity index is 1.90. The maximum atomic E-state index is 2.66. The summed E-state index contributed by atoms with van der Waals surface area (Å²) in [7, 11) is 0. The molecule has 196 valence electrons. The van der Waals surface area contributed by atoms with Crippen molar-refractivity contribution in [2.45, 2.75) is 111 Å². The monoisotopic (exact) mass is 494 g/mol. The van der Waals surface area contributed by atoms with Crippen molar-refractivity contribution in [1.29, 1.82) is 0 Å². The van der Waals surface area contributed by atoms with Gasteiger partial charge in [0.15, 0.2) is 11.7 Å². The Morgan fingerprint density at radius 1 is 0.703 bits per heavy atom. The van der Waals surface area contributed by atoms with Crippen molar-refractivity contribution in [3.05, 3.63) is 77.0 Å². The van der Waals surface area contributed by atoms with Gasteiger partial charge in [0.2, 0.25) is 5.69 Å². The van der Waals surface area contributed by atoms with Gasteiger partial charge in [0.05, 0.1) is 11.0 Å². The van der Waals surface area contributed by atoms with Crippen molar-refractivity contribution in [3.63, 3.8) is 0 Å². The van der Waals surface area contributed by atoms with Gasteiger partial charge < -0.3 is 0 Å². The highest BCUT2D eigenvalue weighted by Gasteiger charge is 2.58.